The summed E-state index contributed by atoms with van der Waals surface area (Å²) in [6.45, 7) is 1.31. The second kappa shape index (κ2) is 7.83. The lowest BCUT2D eigenvalue weighted by Gasteiger charge is -2.32. The summed E-state index contributed by atoms with van der Waals surface area (Å²) in [5.74, 6) is 0.695. The minimum atomic E-state index is -0.0875. The summed E-state index contributed by atoms with van der Waals surface area (Å²) in [4.78, 5) is 26.6. The molecule has 1 heterocycles. The van der Waals surface area contributed by atoms with Crippen LogP contribution in [0.3, 0.4) is 0 Å². The van der Waals surface area contributed by atoms with Gasteiger partial charge in [-0.1, -0.05) is 18.2 Å². The Hall–Kier alpha value is -2.82. The van der Waals surface area contributed by atoms with Gasteiger partial charge in [0, 0.05) is 30.3 Å². The van der Waals surface area contributed by atoms with Crippen LogP contribution in [0.15, 0.2) is 54.6 Å². The number of amides is 2. The van der Waals surface area contributed by atoms with Crippen LogP contribution in [-0.4, -0.2) is 43.0 Å². The van der Waals surface area contributed by atoms with Crippen molar-refractivity contribution in [3.05, 3.63) is 65.7 Å². The minimum Gasteiger partial charge on any atom is -0.497 e. The number of carbonyl (C=O) groups is 2. The first-order valence-electron chi connectivity index (χ1n) is 8.46. The van der Waals surface area contributed by atoms with Crippen molar-refractivity contribution < 1.29 is 14.3 Å². The SMILES string of the molecule is COc1ccc(C(=O)NC2CCN(C(=O)c3ccccc3)CC2)cc1. The number of nitrogens with zero attached hydrogens (tertiary/aromatic N) is 1. The molecule has 0 spiro atoms. The maximum Gasteiger partial charge on any atom is 0.253 e. The van der Waals surface area contributed by atoms with Crippen LogP contribution in [-0.2, 0) is 0 Å². The average molecular weight is 338 g/mol. The van der Waals surface area contributed by atoms with Gasteiger partial charge in [0.1, 0.15) is 5.75 Å². The molecule has 0 saturated carbocycles. The molecular formula is C20H22N2O3. The number of rotatable bonds is 4. The van der Waals surface area contributed by atoms with Crippen molar-refractivity contribution in [2.45, 2.75) is 18.9 Å². The molecule has 1 fully saturated rings. The third-order valence-electron chi connectivity index (χ3n) is 4.49. The van der Waals surface area contributed by atoms with Crippen LogP contribution in [0.2, 0.25) is 0 Å². The number of nitrogens with one attached hydrogen (secondary N) is 1. The molecule has 0 unspecified atom stereocenters. The van der Waals surface area contributed by atoms with Crippen molar-refractivity contribution in [3.63, 3.8) is 0 Å². The highest BCUT2D eigenvalue weighted by Crippen LogP contribution is 2.16. The van der Waals surface area contributed by atoms with Gasteiger partial charge < -0.3 is 15.0 Å². The van der Waals surface area contributed by atoms with E-state index in [-0.39, 0.29) is 17.9 Å². The Morgan fingerprint density at radius 2 is 1.60 bits per heavy atom. The van der Waals surface area contributed by atoms with Gasteiger partial charge >= 0.3 is 0 Å². The normalized spacial score (nSPS) is 14.8. The highest BCUT2D eigenvalue weighted by atomic mass is 16.5. The maximum absolute atomic E-state index is 12.4. The Morgan fingerprint density at radius 1 is 0.960 bits per heavy atom. The lowest BCUT2D eigenvalue weighted by Crippen LogP contribution is -2.46. The number of piperidine rings is 1. The maximum atomic E-state index is 12.4. The summed E-state index contributed by atoms with van der Waals surface area (Å²) in [6.07, 6.45) is 1.53. The predicted molar refractivity (Wildman–Crippen MR) is 95.8 cm³/mol. The van der Waals surface area contributed by atoms with Crippen LogP contribution < -0.4 is 10.1 Å². The second-order valence-corrected chi connectivity index (χ2v) is 6.13. The quantitative estimate of drug-likeness (QED) is 0.932. The number of likely N-dealkylation sites (tertiary alicyclic amines) is 1. The van der Waals surface area contributed by atoms with Crippen LogP contribution >= 0.6 is 0 Å². The van der Waals surface area contributed by atoms with E-state index in [0.717, 1.165) is 18.6 Å². The number of methoxy groups -OCH3 is 1. The first-order chi connectivity index (χ1) is 12.2. The molecule has 2 aromatic rings. The zero-order valence-electron chi connectivity index (χ0n) is 14.3. The Labute approximate surface area is 147 Å². The summed E-state index contributed by atoms with van der Waals surface area (Å²) in [5.41, 5.74) is 1.33. The lowest BCUT2D eigenvalue weighted by molar-refractivity contribution is 0.0698. The molecule has 2 aromatic carbocycles. The molecule has 1 aliphatic heterocycles. The number of hydrogen-bond donors (Lipinski definition) is 1. The first kappa shape index (κ1) is 17.0. The van der Waals surface area contributed by atoms with Gasteiger partial charge in [-0.05, 0) is 49.2 Å². The second-order valence-electron chi connectivity index (χ2n) is 6.13. The molecule has 5 heteroatoms. The van der Waals surface area contributed by atoms with Crippen molar-refractivity contribution >= 4 is 11.8 Å². The van der Waals surface area contributed by atoms with Crippen LogP contribution in [0.5, 0.6) is 5.75 Å². The van der Waals surface area contributed by atoms with Gasteiger partial charge in [-0.25, -0.2) is 0 Å². The molecule has 2 amide bonds. The molecule has 3 rings (SSSR count). The summed E-state index contributed by atoms with van der Waals surface area (Å²) >= 11 is 0. The molecule has 0 radical (unpaired) electrons. The predicted octanol–water partition coefficient (Wildman–Crippen LogP) is 2.73. The lowest BCUT2D eigenvalue weighted by atomic mass is 10.0. The van der Waals surface area contributed by atoms with Crippen LogP contribution in [0.25, 0.3) is 0 Å². The standard InChI is InChI=1S/C20H22N2O3/c1-25-18-9-7-15(8-10-18)19(23)21-17-11-13-22(14-12-17)20(24)16-5-3-2-4-6-16/h2-10,17H,11-14H2,1H3,(H,21,23). The fourth-order valence-corrected chi connectivity index (χ4v) is 3.00. The molecule has 1 saturated heterocycles. The zero-order valence-corrected chi connectivity index (χ0v) is 14.3. The van der Waals surface area contributed by atoms with E-state index in [1.807, 2.05) is 35.2 Å². The molecule has 1 aliphatic rings. The largest absolute Gasteiger partial charge is 0.497 e. The molecule has 5 nitrogen and oxygen atoms in total. The van der Waals surface area contributed by atoms with Crippen molar-refractivity contribution in [2.24, 2.45) is 0 Å². The summed E-state index contributed by atoms with van der Waals surface area (Å²) in [7, 11) is 1.60. The number of carbonyl (C=O) groups excluding carboxylic acids is 2. The van der Waals surface area contributed by atoms with Gasteiger partial charge in [0.15, 0.2) is 0 Å². The topological polar surface area (TPSA) is 58.6 Å². The third-order valence-corrected chi connectivity index (χ3v) is 4.49. The Balaban J connectivity index is 1.52. The van der Waals surface area contributed by atoms with E-state index in [1.165, 1.54) is 0 Å². The highest BCUT2D eigenvalue weighted by molar-refractivity contribution is 5.95. The van der Waals surface area contributed by atoms with E-state index in [1.54, 1.807) is 31.4 Å². The molecule has 0 aliphatic carbocycles. The number of ether oxygens (including phenoxy) is 1. The summed E-state index contributed by atoms with van der Waals surface area (Å²) in [6, 6.07) is 16.5. The van der Waals surface area contributed by atoms with Gasteiger partial charge in [-0.15, -0.1) is 0 Å². The van der Waals surface area contributed by atoms with E-state index < -0.39 is 0 Å². The van der Waals surface area contributed by atoms with Crippen molar-refractivity contribution in [1.29, 1.82) is 0 Å². The first-order valence-corrected chi connectivity index (χ1v) is 8.46. The molecule has 0 aromatic heterocycles. The summed E-state index contributed by atoms with van der Waals surface area (Å²) < 4.78 is 5.10. The van der Waals surface area contributed by atoms with Gasteiger partial charge in [-0.2, -0.15) is 0 Å². The molecule has 0 bridgehead atoms. The molecule has 1 N–H and O–H groups in total. The van der Waals surface area contributed by atoms with E-state index >= 15 is 0 Å². The smallest absolute Gasteiger partial charge is 0.253 e. The van der Waals surface area contributed by atoms with Gasteiger partial charge in [0.25, 0.3) is 11.8 Å². The fourth-order valence-electron chi connectivity index (χ4n) is 3.00. The molecule has 25 heavy (non-hydrogen) atoms. The Morgan fingerprint density at radius 3 is 2.20 bits per heavy atom. The van der Waals surface area contributed by atoms with E-state index in [2.05, 4.69) is 5.32 Å². The van der Waals surface area contributed by atoms with Crippen molar-refractivity contribution in [2.75, 3.05) is 20.2 Å². The van der Waals surface area contributed by atoms with E-state index in [0.29, 0.717) is 24.2 Å². The zero-order chi connectivity index (χ0) is 17.6. The van der Waals surface area contributed by atoms with Crippen LogP contribution in [0, 0.1) is 0 Å². The van der Waals surface area contributed by atoms with Gasteiger partial charge in [0.2, 0.25) is 0 Å². The highest BCUT2D eigenvalue weighted by Gasteiger charge is 2.24. The molecule has 0 atom stereocenters. The van der Waals surface area contributed by atoms with Crippen molar-refractivity contribution in [3.8, 4) is 5.75 Å². The number of hydrogen-bond acceptors (Lipinski definition) is 3. The van der Waals surface area contributed by atoms with E-state index in [4.69, 9.17) is 4.74 Å². The van der Waals surface area contributed by atoms with Gasteiger partial charge in [-0.3, -0.25) is 9.59 Å². The van der Waals surface area contributed by atoms with Crippen LogP contribution in [0.1, 0.15) is 33.6 Å². The van der Waals surface area contributed by atoms with Crippen molar-refractivity contribution in [1.82, 2.24) is 10.2 Å². The molecular weight excluding hydrogens is 316 g/mol. The Kier molecular flexibility index (Phi) is 5.33. The average Bonchev–Trinajstić information content (AvgIpc) is 2.68. The fraction of sp³-hybridized carbons (Fsp3) is 0.300. The van der Waals surface area contributed by atoms with E-state index in [9.17, 15) is 9.59 Å². The van der Waals surface area contributed by atoms with Crippen LogP contribution in [0.4, 0.5) is 0 Å². The Bertz CT molecular complexity index is 720. The molecule has 130 valence electrons. The third kappa shape index (κ3) is 4.18. The minimum absolute atomic E-state index is 0.0560. The monoisotopic (exact) mass is 338 g/mol. The van der Waals surface area contributed by atoms with Gasteiger partial charge in [0.05, 0.1) is 7.11 Å². The number of benzene rings is 2. The summed E-state index contributed by atoms with van der Waals surface area (Å²) in [5, 5.41) is 3.05.